The topological polar surface area (TPSA) is 87.2 Å². The van der Waals surface area contributed by atoms with Gasteiger partial charge in [-0.3, -0.25) is 5.10 Å². The molecule has 1 spiro atoms. The van der Waals surface area contributed by atoms with Crippen molar-refractivity contribution in [2.45, 2.75) is 25.9 Å². The van der Waals surface area contributed by atoms with E-state index in [1.54, 1.807) is 6.07 Å². The highest BCUT2D eigenvalue weighted by atomic mass is 35.5. The fraction of sp³-hybridized carbons (Fsp3) is 0.409. The number of aromatic nitrogens is 4. The summed E-state index contributed by atoms with van der Waals surface area (Å²) in [5.41, 5.74) is 2.08. The standard InChI is InChI=1S/C22H21ClFN5O2/c23-15-2-1-3-16(24)14(15)4-5-17-19-20(28-27-17)26-21(18(12-30)25-19)29-9-6-22(7-10-29)8-11-31-13-22/h1-3,30H,6-13H2,(H,26,27,28). The fourth-order valence-electron chi connectivity index (χ4n) is 4.29. The highest BCUT2D eigenvalue weighted by Gasteiger charge is 2.38. The average Bonchev–Trinajstić information content (AvgIpc) is 3.40. The number of piperidine rings is 1. The van der Waals surface area contributed by atoms with Crippen molar-refractivity contribution in [3.8, 4) is 11.8 Å². The van der Waals surface area contributed by atoms with Crippen LogP contribution in [0.4, 0.5) is 10.2 Å². The predicted octanol–water partition coefficient (Wildman–Crippen LogP) is 3.04. The molecule has 0 atom stereocenters. The van der Waals surface area contributed by atoms with Gasteiger partial charge in [-0.1, -0.05) is 23.6 Å². The number of rotatable bonds is 2. The number of halogens is 2. The van der Waals surface area contributed by atoms with Crippen molar-refractivity contribution in [2.75, 3.05) is 31.2 Å². The molecular weight excluding hydrogens is 421 g/mol. The lowest BCUT2D eigenvalue weighted by molar-refractivity contribution is 0.133. The van der Waals surface area contributed by atoms with E-state index >= 15 is 0 Å². The summed E-state index contributed by atoms with van der Waals surface area (Å²) in [4.78, 5) is 11.4. The van der Waals surface area contributed by atoms with Crippen molar-refractivity contribution in [3.63, 3.8) is 0 Å². The molecular formula is C22H21ClFN5O2. The summed E-state index contributed by atoms with van der Waals surface area (Å²) < 4.78 is 19.6. The number of ether oxygens (including phenoxy) is 1. The first-order valence-electron chi connectivity index (χ1n) is 10.2. The first-order valence-corrected chi connectivity index (χ1v) is 10.6. The lowest BCUT2D eigenvalue weighted by atomic mass is 9.78. The van der Waals surface area contributed by atoms with Gasteiger partial charge in [0.05, 0.1) is 23.8 Å². The number of aromatic amines is 1. The summed E-state index contributed by atoms with van der Waals surface area (Å²) in [6.07, 6.45) is 3.16. The Morgan fingerprint density at radius 1 is 1.23 bits per heavy atom. The van der Waals surface area contributed by atoms with Gasteiger partial charge in [0.1, 0.15) is 17.0 Å². The number of aliphatic hydroxyl groups is 1. The molecule has 160 valence electrons. The lowest BCUT2D eigenvalue weighted by Gasteiger charge is -2.39. The minimum atomic E-state index is -0.500. The van der Waals surface area contributed by atoms with E-state index in [0.717, 1.165) is 45.6 Å². The van der Waals surface area contributed by atoms with Gasteiger partial charge in [-0.15, -0.1) is 0 Å². The number of fused-ring (bicyclic) bond motifs is 1. The second-order valence-electron chi connectivity index (χ2n) is 8.06. The molecule has 7 nitrogen and oxygen atoms in total. The van der Waals surface area contributed by atoms with Gasteiger partial charge in [0.2, 0.25) is 0 Å². The molecule has 0 radical (unpaired) electrons. The summed E-state index contributed by atoms with van der Waals surface area (Å²) >= 11 is 6.04. The Balaban J connectivity index is 1.45. The largest absolute Gasteiger partial charge is 0.390 e. The number of nitrogens with zero attached hydrogens (tertiary/aromatic N) is 4. The number of benzene rings is 1. The van der Waals surface area contributed by atoms with Crippen molar-refractivity contribution in [2.24, 2.45) is 5.41 Å². The molecule has 3 aromatic rings. The smallest absolute Gasteiger partial charge is 0.177 e. The zero-order chi connectivity index (χ0) is 21.4. The van der Waals surface area contributed by atoms with E-state index < -0.39 is 5.82 Å². The van der Waals surface area contributed by atoms with Crippen molar-refractivity contribution in [1.29, 1.82) is 0 Å². The molecule has 9 heteroatoms. The zero-order valence-corrected chi connectivity index (χ0v) is 17.5. The van der Waals surface area contributed by atoms with Gasteiger partial charge in [-0.2, -0.15) is 5.10 Å². The van der Waals surface area contributed by atoms with Crippen LogP contribution in [0, 0.1) is 23.1 Å². The van der Waals surface area contributed by atoms with Crippen LogP contribution in [0.1, 0.15) is 36.2 Å². The van der Waals surface area contributed by atoms with Crippen LogP contribution < -0.4 is 4.90 Å². The van der Waals surface area contributed by atoms with Crippen LogP contribution in [-0.4, -0.2) is 51.6 Å². The second kappa shape index (κ2) is 8.08. The molecule has 2 aromatic heterocycles. The van der Waals surface area contributed by atoms with Gasteiger partial charge in [0.15, 0.2) is 17.2 Å². The first-order chi connectivity index (χ1) is 15.1. The number of hydrogen-bond acceptors (Lipinski definition) is 6. The van der Waals surface area contributed by atoms with Crippen LogP contribution >= 0.6 is 11.6 Å². The van der Waals surface area contributed by atoms with E-state index in [9.17, 15) is 9.50 Å². The fourth-order valence-corrected chi connectivity index (χ4v) is 4.50. The van der Waals surface area contributed by atoms with Crippen LogP contribution in [0.2, 0.25) is 5.02 Å². The van der Waals surface area contributed by atoms with Gasteiger partial charge in [0, 0.05) is 19.7 Å². The SMILES string of the molecule is OCc1nc2c(C#Cc3c(F)cccc3Cl)n[nH]c2nc1N1CCC2(CCOC2)CC1. The molecule has 31 heavy (non-hydrogen) atoms. The van der Waals surface area contributed by atoms with Gasteiger partial charge in [-0.05, 0) is 42.7 Å². The van der Waals surface area contributed by atoms with Gasteiger partial charge in [0.25, 0.3) is 0 Å². The minimum Gasteiger partial charge on any atom is -0.390 e. The van der Waals surface area contributed by atoms with Crippen molar-refractivity contribution in [3.05, 3.63) is 46.0 Å². The zero-order valence-electron chi connectivity index (χ0n) is 16.8. The van der Waals surface area contributed by atoms with Gasteiger partial charge < -0.3 is 14.7 Å². The number of aliphatic hydroxyl groups excluding tert-OH is 1. The molecule has 0 saturated carbocycles. The summed E-state index contributed by atoms with van der Waals surface area (Å²) in [5, 5.41) is 17.2. The van der Waals surface area contributed by atoms with E-state index in [4.69, 9.17) is 16.3 Å². The third kappa shape index (κ3) is 3.74. The predicted molar refractivity (Wildman–Crippen MR) is 114 cm³/mol. The molecule has 0 aliphatic carbocycles. The maximum absolute atomic E-state index is 14.0. The maximum atomic E-state index is 14.0. The quantitative estimate of drug-likeness (QED) is 0.594. The molecule has 2 aliphatic rings. The molecule has 2 saturated heterocycles. The summed E-state index contributed by atoms with van der Waals surface area (Å²) in [6.45, 7) is 3.09. The molecule has 2 fully saturated rings. The number of nitrogens with one attached hydrogen (secondary N) is 1. The van der Waals surface area contributed by atoms with Crippen LogP contribution in [0.25, 0.3) is 11.2 Å². The normalized spacial score (nSPS) is 17.8. The molecule has 1 aromatic carbocycles. The van der Waals surface area contributed by atoms with E-state index in [-0.39, 0.29) is 22.6 Å². The van der Waals surface area contributed by atoms with E-state index in [1.165, 1.54) is 12.1 Å². The Bertz CT molecular complexity index is 1170. The van der Waals surface area contributed by atoms with E-state index in [1.807, 2.05) is 0 Å². The number of anilines is 1. The van der Waals surface area contributed by atoms with E-state index in [2.05, 4.69) is 36.9 Å². The third-order valence-corrected chi connectivity index (χ3v) is 6.49. The lowest BCUT2D eigenvalue weighted by Crippen LogP contribution is -2.41. The molecule has 4 heterocycles. The maximum Gasteiger partial charge on any atom is 0.177 e. The Labute approximate surface area is 183 Å². The van der Waals surface area contributed by atoms with Crippen LogP contribution in [-0.2, 0) is 11.3 Å². The van der Waals surface area contributed by atoms with Crippen molar-refractivity contribution in [1.82, 2.24) is 20.2 Å². The third-order valence-electron chi connectivity index (χ3n) is 6.17. The highest BCUT2D eigenvalue weighted by Crippen LogP contribution is 2.40. The summed E-state index contributed by atoms with van der Waals surface area (Å²) in [5.74, 6) is 5.70. The molecule has 2 aliphatic heterocycles. The summed E-state index contributed by atoms with van der Waals surface area (Å²) in [7, 11) is 0. The Kier molecular flexibility index (Phi) is 5.26. The molecule has 0 amide bonds. The number of H-pyrrole nitrogens is 1. The average molecular weight is 442 g/mol. The Hall–Kier alpha value is -2.73. The van der Waals surface area contributed by atoms with Gasteiger partial charge in [-0.25, -0.2) is 14.4 Å². The summed E-state index contributed by atoms with van der Waals surface area (Å²) in [6, 6.07) is 4.40. The van der Waals surface area contributed by atoms with Crippen LogP contribution in [0.5, 0.6) is 0 Å². The Morgan fingerprint density at radius 3 is 2.77 bits per heavy atom. The van der Waals surface area contributed by atoms with Crippen molar-refractivity contribution < 1.29 is 14.2 Å². The minimum absolute atomic E-state index is 0.102. The Morgan fingerprint density at radius 2 is 2.06 bits per heavy atom. The monoisotopic (exact) mass is 441 g/mol. The molecule has 0 bridgehead atoms. The first kappa shape index (κ1) is 20.2. The van der Waals surface area contributed by atoms with Crippen LogP contribution in [0.3, 0.4) is 0 Å². The molecule has 5 rings (SSSR count). The molecule has 0 unspecified atom stereocenters. The molecule has 2 N–H and O–H groups in total. The number of hydrogen-bond donors (Lipinski definition) is 2. The van der Waals surface area contributed by atoms with Gasteiger partial charge >= 0.3 is 0 Å². The second-order valence-corrected chi connectivity index (χ2v) is 8.46. The van der Waals surface area contributed by atoms with E-state index in [0.29, 0.717) is 28.4 Å². The van der Waals surface area contributed by atoms with Crippen LogP contribution in [0.15, 0.2) is 18.2 Å². The van der Waals surface area contributed by atoms with Crippen molar-refractivity contribution >= 4 is 28.6 Å². The highest BCUT2D eigenvalue weighted by molar-refractivity contribution is 6.31.